The first-order valence-electron chi connectivity index (χ1n) is 26.5. The van der Waals surface area contributed by atoms with Crippen molar-refractivity contribution in [2.75, 3.05) is 13.2 Å². The van der Waals surface area contributed by atoms with Gasteiger partial charge < -0.3 is 39.0 Å². The summed E-state index contributed by atoms with van der Waals surface area (Å²) in [6.07, 6.45) is 51.0. The van der Waals surface area contributed by atoms with E-state index in [1.54, 1.807) is 18.2 Å². The second kappa shape index (κ2) is 46.2. The maximum absolute atomic E-state index is 13.1. The van der Waals surface area contributed by atoms with Crippen LogP contribution in [0.25, 0.3) is 0 Å². The van der Waals surface area contributed by atoms with Gasteiger partial charge in [-0.2, -0.15) is 0 Å². The van der Waals surface area contributed by atoms with Gasteiger partial charge >= 0.3 is 23.9 Å². The molecule has 1 fully saturated rings. The van der Waals surface area contributed by atoms with Gasteiger partial charge in [0.25, 0.3) is 0 Å². The lowest BCUT2D eigenvalue weighted by Gasteiger charge is -2.40. The minimum atomic E-state index is -1.95. The Hall–Kier alpha value is -4.88. The molecule has 3 N–H and O–H groups in total. The van der Waals surface area contributed by atoms with Crippen LogP contribution in [-0.4, -0.2) is 89.2 Å². The Bertz CT molecular complexity index is 1700. The second-order valence-electron chi connectivity index (χ2n) is 17.4. The number of carbonyl (C=O) groups excluding carboxylic acids is 3. The van der Waals surface area contributed by atoms with E-state index in [0.29, 0.717) is 19.3 Å². The molecule has 0 saturated carbocycles. The number of allylic oxidation sites excluding steroid dienone is 18. The summed E-state index contributed by atoms with van der Waals surface area (Å²) < 4.78 is 28.0. The number of aliphatic hydroxyl groups is 2. The van der Waals surface area contributed by atoms with Gasteiger partial charge in [-0.25, -0.2) is 4.79 Å². The van der Waals surface area contributed by atoms with Crippen molar-refractivity contribution >= 4 is 23.9 Å². The summed E-state index contributed by atoms with van der Waals surface area (Å²) in [5, 5.41) is 31.3. The number of carboxylic acid groups (broad SMARTS) is 1. The van der Waals surface area contributed by atoms with E-state index in [-0.39, 0.29) is 25.9 Å². The molecule has 1 saturated heterocycles. The molecule has 0 aromatic rings. The van der Waals surface area contributed by atoms with Crippen molar-refractivity contribution in [3.05, 3.63) is 122 Å². The zero-order valence-corrected chi connectivity index (χ0v) is 43.4. The summed E-state index contributed by atoms with van der Waals surface area (Å²) in [6, 6.07) is 0. The molecule has 6 unspecified atom stereocenters. The molecule has 1 heterocycles. The van der Waals surface area contributed by atoms with Crippen molar-refractivity contribution in [1.29, 1.82) is 0 Å². The van der Waals surface area contributed by atoms with E-state index >= 15 is 0 Å². The van der Waals surface area contributed by atoms with E-state index in [0.717, 1.165) is 70.6 Å². The Morgan fingerprint density at radius 3 is 1.30 bits per heavy atom. The van der Waals surface area contributed by atoms with Crippen LogP contribution in [0.3, 0.4) is 0 Å². The summed E-state index contributed by atoms with van der Waals surface area (Å²) >= 11 is 0. The first-order valence-corrected chi connectivity index (χ1v) is 26.5. The summed E-state index contributed by atoms with van der Waals surface area (Å²) in [7, 11) is 0. The molecule has 1 rings (SSSR count). The highest BCUT2D eigenvalue weighted by Crippen LogP contribution is 2.26. The van der Waals surface area contributed by atoms with Crippen LogP contribution in [0.5, 0.6) is 0 Å². The first-order chi connectivity index (χ1) is 34.6. The van der Waals surface area contributed by atoms with Gasteiger partial charge in [-0.1, -0.05) is 206 Å². The summed E-state index contributed by atoms with van der Waals surface area (Å²) in [6.45, 7) is 5.58. The molecule has 12 nitrogen and oxygen atoms in total. The van der Waals surface area contributed by atoms with Crippen LogP contribution in [0.1, 0.15) is 175 Å². The van der Waals surface area contributed by atoms with Gasteiger partial charge in [-0.05, 0) is 70.6 Å². The molecule has 0 aromatic heterocycles. The fraction of sp³-hybridized carbons (Fsp3) is 0.593. The molecule has 1 aliphatic heterocycles. The van der Waals surface area contributed by atoms with Crippen LogP contribution >= 0.6 is 0 Å². The highest BCUT2D eigenvalue weighted by molar-refractivity contribution is 5.74. The van der Waals surface area contributed by atoms with E-state index in [1.807, 2.05) is 24.3 Å². The van der Waals surface area contributed by atoms with Gasteiger partial charge in [0.05, 0.1) is 19.4 Å². The molecule has 1 aliphatic rings. The Kier molecular flexibility index (Phi) is 41.7. The molecule has 0 aliphatic carbocycles. The predicted molar refractivity (Wildman–Crippen MR) is 284 cm³/mol. The molecular weight excluding hydrogens is 901 g/mol. The number of aliphatic hydroxyl groups excluding tert-OH is 2. The Balaban J connectivity index is 2.84. The van der Waals surface area contributed by atoms with Crippen molar-refractivity contribution in [2.45, 2.75) is 212 Å². The Labute approximate surface area is 427 Å². The van der Waals surface area contributed by atoms with E-state index in [9.17, 15) is 34.5 Å². The third-order valence-electron chi connectivity index (χ3n) is 11.1. The minimum absolute atomic E-state index is 0.0280. The Morgan fingerprint density at radius 2 is 0.873 bits per heavy atom. The van der Waals surface area contributed by atoms with E-state index in [4.69, 9.17) is 23.7 Å². The number of unbranched alkanes of at least 4 members (excludes halogenated alkanes) is 10. The number of ether oxygens (including phenoxy) is 5. The standard InChI is InChI=1S/C59H90O12/c1-4-7-10-13-16-19-22-24-26-28-31-33-36-39-42-45-51(60)67-48-50(69-52(61)46-43-40-37-34-30-21-18-15-12-9-6-3)49-68-59-57(55(64)54(63)56(71-59)58(65)66)70-53(62)47-44-41-38-35-32-29-27-25-23-20-17-14-11-8-5-2/h7-8,10-11,16-17,19-20,24-27,31-33,35,39,41-42,44,50,54-57,59,63-64H,4-6,9,12-15,18,21-23,28-30,34,36-38,40,43,45-49H2,1-3H3,(H,65,66)/b10-7-,11-8-,19-16-,20-17-,26-24-,27-25-,33-31-,35-32-,42-39-,44-41-. The lowest BCUT2D eigenvalue weighted by atomic mass is 9.98. The molecule has 0 amide bonds. The number of hydrogen-bond donors (Lipinski definition) is 3. The summed E-state index contributed by atoms with van der Waals surface area (Å²) in [5.41, 5.74) is 0. The van der Waals surface area contributed by atoms with Crippen LogP contribution in [0.4, 0.5) is 0 Å². The lowest BCUT2D eigenvalue weighted by Crippen LogP contribution is -2.61. The van der Waals surface area contributed by atoms with E-state index < -0.39 is 67.3 Å². The molecule has 6 atom stereocenters. The fourth-order valence-electron chi connectivity index (χ4n) is 7.10. The zero-order chi connectivity index (χ0) is 51.8. The quantitative estimate of drug-likeness (QED) is 0.0229. The molecule has 71 heavy (non-hydrogen) atoms. The predicted octanol–water partition coefficient (Wildman–Crippen LogP) is 12.9. The summed E-state index contributed by atoms with van der Waals surface area (Å²) in [5.74, 6) is -3.47. The first kappa shape index (κ1) is 64.1. The van der Waals surface area contributed by atoms with Crippen molar-refractivity contribution in [3.63, 3.8) is 0 Å². The maximum Gasteiger partial charge on any atom is 0.335 e. The average Bonchev–Trinajstić information content (AvgIpc) is 3.35. The summed E-state index contributed by atoms with van der Waals surface area (Å²) in [4.78, 5) is 50.7. The molecule has 0 aromatic carbocycles. The van der Waals surface area contributed by atoms with Crippen LogP contribution in [0, 0.1) is 0 Å². The number of hydrogen-bond acceptors (Lipinski definition) is 11. The highest BCUT2D eigenvalue weighted by atomic mass is 16.7. The number of carbonyl (C=O) groups is 4. The van der Waals surface area contributed by atoms with Gasteiger partial charge in [-0.15, -0.1) is 0 Å². The molecular formula is C59H90O12. The zero-order valence-electron chi connectivity index (χ0n) is 43.4. The van der Waals surface area contributed by atoms with Crippen molar-refractivity contribution in [3.8, 4) is 0 Å². The average molecular weight is 991 g/mol. The minimum Gasteiger partial charge on any atom is -0.479 e. The number of esters is 3. The van der Waals surface area contributed by atoms with Crippen molar-refractivity contribution in [2.24, 2.45) is 0 Å². The fourth-order valence-corrected chi connectivity index (χ4v) is 7.10. The largest absolute Gasteiger partial charge is 0.479 e. The van der Waals surface area contributed by atoms with Gasteiger partial charge in [-0.3, -0.25) is 14.4 Å². The van der Waals surface area contributed by atoms with Crippen LogP contribution in [0.2, 0.25) is 0 Å². The van der Waals surface area contributed by atoms with Crippen LogP contribution < -0.4 is 0 Å². The Morgan fingerprint density at radius 1 is 0.479 bits per heavy atom. The monoisotopic (exact) mass is 991 g/mol. The third kappa shape index (κ3) is 36.7. The lowest BCUT2D eigenvalue weighted by molar-refractivity contribution is -0.301. The number of aliphatic carboxylic acids is 1. The van der Waals surface area contributed by atoms with Crippen LogP contribution in [0.15, 0.2) is 122 Å². The van der Waals surface area contributed by atoms with Gasteiger partial charge in [0.15, 0.2) is 24.6 Å². The van der Waals surface area contributed by atoms with Gasteiger partial charge in [0.2, 0.25) is 0 Å². The van der Waals surface area contributed by atoms with E-state index in [2.05, 4.69) is 99.8 Å². The van der Waals surface area contributed by atoms with Gasteiger partial charge in [0.1, 0.15) is 18.8 Å². The topological polar surface area (TPSA) is 175 Å². The molecule has 398 valence electrons. The molecule has 0 spiro atoms. The second-order valence-corrected chi connectivity index (χ2v) is 17.4. The number of carboxylic acids is 1. The smallest absolute Gasteiger partial charge is 0.335 e. The molecule has 12 heteroatoms. The highest BCUT2D eigenvalue weighted by Gasteiger charge is 2.50. The SMILES string of the molecule is CC/C=C\C/C=C\C/C=C\C/C=C\C/C=C\CC(=O)OCC(COC1OC(C(=O)O)C(O)C(O)C1OC(=O)C/C=C\C/C=C\C/C=C\C/C=C\C/C=C\CC)OC(=O)CCCCCCCCCCCCC. The molecule has 0 bridgehead atoms. The van der Waals surface area contributed by atoms with Crippen molar-refractivity contribution in [1.82, 2.24) is 0 Å². The maximum atomic E-state index is 13.1. The van der Waals surface area contributed by atoms with E-state index in [1.165, 1.54) is 44.9 Å². The van der Waals surface area contributed by atoms with Gasteiger partial charge in [0, 0.05) is 6.42 Å². The molecule has 0 radical (unpaired) electrons. The number of rotatable bonds is 42. The van der Waals surface area contributed by atoms with Crippen LogP contribution in [-0.2, 0) is 42.9 Å². The van der Waals surface area contributed by atoms with Crippen molar-refractivity contribution < 1.29 is 58.2 Å². The third-order valence-corrected chi connectivity index (χ3v) is 11.1. The normalized spacial score (nSPS) is 19.5.